The summed E-state index contributed by atoms with van der Waals surface area (Å²) >= 11 is 6.02. The van der Waals surface area contributed by atoms with Gasteiger partial charge in [-0.2, -0.15) is 0 Å². The molecule has 2 aromatic heterocycles. The van der Waals surface area contributed by atoms with Gasteiger partial charge < -0.3 is 5.32 Å². The summed E-state index contributed by atoms with van der Waals surface area (Å²) in [6, 6.07) is 5.81. The molecule has 0 aliphatic heterocycles. The Bertz CT molecular complexity index is 555. The molecular weight excluding hydrogens is 260 g/mol. The van der Waals surface area contributed by atoms with Crippen LogP contribution in [0.4, 0.5) is 5.82 Å². The Morgan fingerprint density at radius 1 is 1.21 bits per heavy atom. The third-order valence-corrected chi connectivity index (χ3v) is 3.32. The molecule has 19 heavy (non-hydrogen) atoms. The Morgan fingerprint density at radius 2 is 2.00 bits per heavy atom. The van der Waals surface area contributed by atoms with Crippen LogP contribution >= 0.6 is 11.6 Å². The predicted octanol–water partition coefficient (Wildman–Crippen LogP) is 3.06. The molecule has 0 amide bonds. The van der Waals surface area contributed by atoms with Gasteiger partial charge in [0, 0.05) is 30.9 Å². The van der Waals surface area contributed by atoms with Gasteiger partial charge in [0.05, 0.1) is 0 Å². The van der Waals surface area contributed by atoms with Crippen LogP contribution in [0.5, 0.6) is 0 Å². The molecule has 1 aliphatic carbocycles. The van der Waals surface area contributed by atoms with E-state index in [-0.39, 0.29) is 0 Å². The highest BCUT2D eigenvalue weighted by atomic mass is 35.5. The van der Waals surface area contributed by atoms with Gasteiger partial charge in [-0.05, 0) is 37.0 Å². The minimum absolute atomic E-state index is 0.513. The van der Waals surface area contributed by atoms with Crippen LogP contribution in [0.15, 0.2) is 30.6 Å². The maximum absolute atomic E-state index is 6.02. The fraction of sp³-hybridized carbons (Fsp3) is 0.357. The third kappa shape index (κ3) is 3.41. The van der Waals surface area contributed by atoms with Gasteiger partial charge >= 0.3 is 0 Å². The SMILES string of the molecule is Clc1cc(NCCc2ccncc2)nc(C2CC2)n1. The van der Waals surface area contributed by atoms with Crippen molar-refractivity contribution in [2.75, 3.05) is 11.9 Å². The Labute approximate surface area is 117 Å². The molecule has 0 atom stereocenters. The second-order valence-electron chi connectivity index (χ2n) is 4.74. The number of hydrogen-bond acceptors (Lipinski definition) is 4. The fourth-order valence-corrected chi connectivity index (χ4v) is 2.12. The topological polar surface area (TPSA) is 50.7 Å². The largest absolute Gasteiger partial charge is 0.370 e. The van der Waals surface area contributed by atoms with Crippen molar-refractivity contribution in [1.82, 2.24) is 15.0 Å². The lowest BCUT2D eigenvalue weighted by Crippen LogP contribution is -2.08. The number of nitrogens with zero attached hydrogens (tertiary/aromatic N) is 3. The fourth-order valence-electron chi connectivity index (χ4n) is 1.93. The summed E-state index contributed by atoms with van der Waals surface area (Å²) in [6.07, 6.45) is 6.90. The maximum atomic E-state index is 6.02. The summed E-state index contributed by atoms with van der Waals surface area (Å²) in [5, 5.41) is 3.82. The lowest BCUT2D eigenvalue weighted by atomic mass is 10.2. The lowest BCUT2D eigenvalue weighted by Gasteiger charge is -2.07. The van der Waals surface area contributed by atoms with Gasteiger partial charge in [-0.3, -0.25) is 4.98 Å². The Morgan fingerprint density at radius 3 is 2.74 bits per heavy atom. The number of anilines is 1. The number of halogens is 1. The molecule has 0 radical (unpaired) electrons. The highest BCUT2D eigenvalue weighted by Crippen LogP contribution is 2.38. The van der Waals surface area contributed by atoms with Crippen molar-refractivity contribution in [1.29, 1.82) is 0 Å². The summed E-state index contributed by atoms with van der Waals surface area (Å²) in [6.45, 7) is 0.821. The van der Waals surface area contributed by atoms with Crippen molar-refractivity contribution in [3.8, 4) is 0 Å². The molecule has 3 rings (SSSR count). The molecule has 1 N–H and O–H groups in total. The second-order valence-corrected chi connectivity index (χ2v) is 5.13. The van der Waals surface area contributed by atoms with Crippen LogP contribution in [0.3, 0.4) is 0 Å². The van der Waals surface area contributed by atoms with E-state index in [2.05, 4.69) is 20.3 Å². The number of pyridine rings is 1. The first kappa shape index (κ1) is 12.4. The minimum atomic E-state index is 0.513. The predicted molar refractivity (Wildman–Crippen MR) is 75.4 cm³/mol. The smallest absolute Gasteiger partial charge is 0.135 e. The molecule has 1 aliphatic rings. The van der Waals surface area contributed by atoms with Gasteiger partial charge in [0.25, 0.3) is 0 Å². The standard InChI is InChI=1S/C14H15ClN4/c15-12-9-13(19-14(18-12)11-1-2-11)17-8-5-10-3-6-16-7-4-10/h3-4,6-7,9,11H,1-2,5,8H2,(H,17,18,19). The van der Waals surface area contributed by atoms with Crippen molar-refractivity contribution in [3.05, 3.63) is 47.1 Å². The summed E-state index contributed by atoms with van der Waals surface area (Å²) in [5.74, 6) is 2.20. The monoisotopic (exact) mass is 274 g/mol. The molecule has 0 saturated heterocycles. The minimum Gasteiger partial charge on any atom is -0.370 e. The first-order valence-corrected chi connectivity index (χ1v) is 6.86. The van der Waals surface area contributed by atoms with Crippen molar-refractivity contribution in [2.45, 2.75) is 25.2 Å². The van der Waals surface area contributed by atoms with Crippen molar-refractivity contribution >= 4 is 17.4 Å². The first-order valence-electron chi connectivity index (χ1n) is 6.48. The molecular formula is C14H15ClN4. The normalized spacial score (nSPS) is 14.4. The Balaban J connectivity index is 1.60. The number of nitrogens with one attached hydrogen (secondary N) is 1. The van der Waals surface area contributed by atoms with Crippen molar-refractivity contribution in [2.24, 2.45) is 0 Å². The molecule has 0 bridgehead atoms. The van der Waals surface area contributed by atoms with E-state index in [0.29, 0.717) is 11.1 Å². The molecule has 4 nitrogen and oxygen atoms in total. The molecule has 5 heteroatoms. The lowest BCUT2D eigenvalue weighted by molar-refractivity contribution is 0.915. The Kier molecular flexibility index (Phi) is 3.60. The first-order chi connectivity index (χ1) is 9.31. The molecule has 0 aromatic carbocycles. The van der Waals surface area contributed by atoms with Gasteiger partial charge in [-0.15, -0.1) is 0 Å². The zero-order chi connectivity index (χ0) is 13.1. The van der Waals surface area contributed by atoms with Gasteiger partial charge in [0.1, 0.15) is 16.8 Å². The Hall–Kier alpha value is -1.68. The number of hydrogen-bond donors (Lipinski definition) is 1. The van der Waals surface area contributed by atoms with Gasteiger partial charge in [0.15, 0.2) is 0 Å². The van der Waals surface area contributed by atoms with Crippen LogP contribution < -0.4 is 5.32 Å². The van der Waals surface area contributed by atoms with Crippen LogP contribution in [0.2, 0.25) is 5.15 Å². The molecule has 98 valence electrons. The number of rotatable bonds is 5. The highest BCUT2D eigenvalue weighted by Gasteiger charge is 2.27. The third-order valence-electron chi connectivity index (χ3n) is 3.12. The molecule has 0 spiro atoms. The molecule has 1 fully saturated rings. The molecule has 2 aromatic rings. The van der Waals surface area contributed by atoms with E-state index >= 15 is 0 Å². The van der Waals surface area contributed by atoms with E-state index in [0.717, 1.165) is 24.6 Å². The zero-order valence-electron chi connectivity index (χ0n) is 10.5. The molecule has 2 heterocycles. The van der Waals surface area contributed by atoms with Gasteiger partial charge in [-0.1, -0.05) is 11.6 Å². The average molecular weight is 275 g/mol. The van der Waals surface area contributed by atoms with Crippen LogP contribution in [0.25, 0.3) is 0 Å². The van der Waals surface area contributed by atoms with E-state index in [1.54, 1.807) is 6.07 Å². The van der Waals surface area contributed by atoms with E-state index in [1.807, 2.05) is 24.5 Å². The average Bonchev–Trinajstić information content (AvgIpc) is 3.24. The summed E-state index contributed by atoms with van der Waals surface area (Å²) in [7, 11) is 0. The summed E-state index contributed by atoms with van der Waals surface area (Å²) < 4.78 is 0. The van der Waals surface area contributed by atoms with Crippen molar-refractivity contribution < 1.29 is 0 Å². The summed E-state index contributed by atoms with van der Waals surface area (Å²) in [4.78, 5) is 12.8. The highest BCUT2D eigenvalue weighted by molar-refractivity contribution is 6.29. The zero-order valence-corrected chi connectivity index (χ0v) is 11.3. The quantitative estimate of drug-likeness (QED) is 0.852. The van der Waals surface area contributed by atoms with Crippen LogP contribution in [0.1, 0.15) is 30.1 Å². The van der Waals surface area contributed by atoms with E-state index in [1.165, 1.54) is 18.4 Å². The number of aromatic nitrogens is 3. The van der Waals surface area contributed by atoms with E-state index in [4.69, 9.17) is 11.6 Å². The second kappa shape index (κ2) is 5.53. The van der Waals surface area contributed by atoms with E-state index in [9.17, 15) is 0 Å². The molecule has 1 saturated carbocycles. The van der Waals surface area contributed by atoms with Crippen LogP contribution in [0, 0.1) is 0 Å². The summed E-state index contributed by atoms with van der Waals surface area (Å²) in [5.41, 5.74) is 1.25. The van der Waals surface area contributed by atoms with E-state index < -0.39 is 0 Å². The maximum Gasteiger partial charge on any atom is 0.135 e. The van der Waals surface area contributed by atoms with Crippen LogP contribution in [-0.2, 0) is 6.42 Å². The molecule has 0 unspecified atom stereocenters. The van der Waals surface area contributed by atoms with Crippen LogP contribution in [-0.4, -0.2) is 21.5 Å². The van der Waals surface area contributed by atoms with Gasteiger partial charge in [0.2, 0.25) is 0 Å². The van der Waals surface area contributed by atoms with Crippen molar-refractivity contribution in [3.63, 3.8) is 0 Å². The van der Waals surface area contributed by atoms with Gasteiger partial charge in [-0.25, -0.2) is 9.97 Å².